The quantitative estimate of drug-likeness (QED) is 0.846. The van der Waals surface area contributed by atoms with Crippen molar-refractivity contribution in [3.63, 3.8) is 0 Å². The van der Waals surface area contributed by atoms with E-state index in [9.17, 15) is 4.79 Å². The number of carbonyl (C=O) groups is 1. The summed E-state index contributed by atoms with van der Waals surface area (Å²) < 4.78 is 0. The highest BCUT2D eigenvalue weighted by atomic mass is 16.2. The summed E-state index contributed by atoms with van der Waals surface area (Å²) in [5.74, 6) is -0.0688. The molecule has 1 atom stereocenters. The molecule has 21 heavy (non-hydrogen) atoms. The average molecular weight is 283 g/mol. The second-order valence-corrected chi connectivity index (χ2v) is 5.22. The number of hydrogen-bond donors (Lipinski definition) is 0. The molecule has 2 aromatic rings. The number of aromatic nitrogens is 2. The number of aryl methyl sites for hydroxylation is 1. The molecule has 0 bridgehead atoms. The fraction of sp³-hybridized carbons (Fsp3) is 0.353. The molecule has 0 N–H and O–H groups in total. The molecule has 0 unspecified atom stereocenters. The third-order valence-electron chi connectivity index (χ3n) is 3.58. The van der Waals surface area contributed by atoms with E-state index in [1.54, 1.807) is 12.4 Å². The van der Waals surface area contributed by atoms with Gasteiger partial charge in [-0.2, -0.15) is 0 Å². The number of benzene rings is 1. The van der Waals surface area contributed by atoms with E-state index >= 15 is 0 Å². The molecule has 0 aliphatic rings. The minimum atomic E-state index is -0.0688. The minimum absolute atomic E-state index is 0.0688. The Morgan fingerprint density at radius 3 is 2.48 bits per heavy atom. The summed E-state index contributed by atoms with van der Waals surface area (Å²) in [6, 6.07) is 10.2. The van der Waals surface area contributed by atoms with Crippen LogP contribution < -0.4 is 0 Å². The van der Waals surface area contributed by atoms with Gasteiger partial charge in [0, 0.05) is 18.8 Å². The van der Waals surface area contributed by atoms with Crippen molar-refractivity contribution in [1.82, 2.24) is 14.9 Å². The van der Waals surface area contributed by atoms with Gasteiger partial charge in [0.2, 0.25) is 0 Å². The molecule has 4 nitrogen and oxygen atoms in total. The van der Waals surface area contributed by atoms with Gasteiger partial charge in [-0.15, -0.1) is 0 Å². The molecule has 0 aliphatic heterocycles. The van der Waals surface area contributed by atoms with Gasteiger partial charge in [-0.05, 0) is 25.8 Å². The summed E-state index contributed by atoms with van der Waals surface area (Å²) >= 11 is 0. The largest absolute Gasteiger partial charge is 0.330 e. The molecule has 1 aromatic carbocycles. The highest BCUT2D eigenvalue weighted by Gasteiger charge is 2.22. The van der Waals surface area contributed by atoms with Crippen LogP contribution in [0.5, 0.6) is 0 Å². The van der Waals surface area contributed by atoms with Crippen LogP contribution in [0.1, 0.15) is 42.0 Å². The smallest absolute Gasteiger partial charge is 0.274 e. The van der Waals surface area contributed by atoms with E-state index in [0.29, 0.717) is 12.2 Å². The van der Waals surface area contributed by atoms with Crippen LogP contribution in [0.4, 0.5) is 0 Å². The Hall–Kier alpha value is -2.23. The van der Waals surface area contributed by atoms with Crippen molar-refractivity contribution >= 4 is 5.91 Å². The fourth-order valence-electron chi connectivity index (χ4n) is 2.08. The van der Waals surface area contributed by atoms with Gasteiger partial charge in [0.1, 0.15) is 5.69 Å². The first kappa shape index (κ1) is 15.2. The van der Waals surface area contributed by atoms with Gasteiger partial charge in [-0.25, -0.2) is 4.98 Å². The molecule has 0 saturated heterocycles. The molecule has 4 heteroatoms. The lowest BCUT2D eigenvalue weighted by Gasteiger charge is -2.28. The predicted octanol–water partition coefficient (Wildman–Crippen LogP) is 3.23. The number of hydrogen-bond acceptors (Lipinski definition) is 3. The SMILES string of the molecule is CC[C@H](C)N(Cc1ccccc1)C(=O)c1cnc(C)cn1. The maximum atomic E-state index is 12.7. The van der Waals surface area contributed by atoms with Crippen molar-refractivity contribution in [3.05, 3.63) is 59.7 Å². The lowest BCUT2D eigenvalue weighted by Crippen LogP contribution is -2.38. The molecular weight excluding hydrogens is 262 g/mol. The molecule has 1 heterocycles. The highest BCUT2D eigenvalue weighted by Crippen LogP contribution is 2.14. The monoisotopic (exact) mass is 283 g/mol. The topological polar surface area (TPSA) is 46.1 Å². The molecular formula is C17H21N3O. The van der Waals surface area contributed by atoms with Crippen molar-refractivity contribution in [2.45, 2.75) is 39.8 Å². The fourth-order valence-corrected chi connectivity index (χ4v) is 2.08. The minimum Gasteiger partial charge on any atom is -0.330 e. The Morgan fingerprint density at radius 2 is 1.90 bits per heavy atom. The Bertz CT molecular complexity index is 581. The van der Waals surface area contributed by atoms with Crippen LogP contribution in [0, 0.1) is 6.92 Å². The summed E-state index contributed by atoms with van der Waals surface area (Å²) in [6.45, 7) is 6.58. The third-order valence-corrected chi connectivity index (χ3v) is 3.58. The molecule has 1 aromatic heterocycles. The predicted molar refractivity (Wildman–Crippen MR) is 82.8 cm³/mol. The van der Waals surface area contributed by atoms with Crippen LogP contribution in [-0.2, 0) is 6.54 Å². The van der Waals surface area contributed by atoms with Gasteiger partial charge < -0.3 is 4.90 Å². The third kappa shape index (κ3) is 3.88. The van der Waals surface area contributed by atoms with Crippen LogP contribution in [0.25, 0.3) is 0 Å². The Kier molecular flexibility index (Phi) is 5.04. The summed E-state index contributed by atoms with van der Waals surface area (Å²) in [6.07, 6.45) is 4.08. The van der Waals surface area contributed by atoms with E-state index in [1.807, 2.05) is 42.2 Å². The molecule has 0 radical (unpaired) electrons. The van der Waals surface area contributed by atoms with Crippen LogP contribution in [0.15, 0.2) is 42.7 Å². The van der Waals surface area contributed by atoms with Gasteiger partial charge in [-0.3, -0.25) is 9.78 Å². The van der Waals surface area contributed by atoms with Crippen LogP contribution in [0.3, 0.4) is 0 Å². The van der Waals surface area contributed by atoms with E-state index in [-0.39, 0.29) is 11.9 Å². The van der Waals surface area contributed by atoms with Crippen LogP contribution >= 0.6 is 0 Å². The first-order valence-electron chi connectivity index (χ1n) is 7.25. The second-order valence-electron chi connectivity index (χ2n) is 5.22. The zero-order valence-corrected chi connectivity index (χ0v) is 12.8. The van der Waals surface area contributed by atoms with Crippen molar-refractivity contribution in [2.75, 3.05) is 0 Å². The van der Waals surface area contributed by atoms with Gasteiger partial charge >= 0.3 is 0 Å². The average Bonchev–Trinajstić information content (AvgIpc) is 2.53. The van der Waals surface area contributed by atoms with E-state index < -0.39 is 0 Å². The summed E-state index contributed by atoms with van der Waals surface area (Å²) in [5, 5.41) is 0. The number of nitrogens with zero attached hydrogens (tertiary/aromatic N) is 3. The lowest BCUT2D eigenvalue weighted by atomic mass is 10.1. The highest BCUT2D eigenvalue weighted by molar-refractivity contribution is 5.92. The van der Waals surface area contributed by atoms with Crippen molar-refractivity contribution in [3.8, 4) is 0 Å². The van der Waals surface area contributed by atoms with E-state index in [4.69, 9.17) is 0 Å². The van der Waals surface area contributed by atoms with E-state index in [1.165, 1.54) is 0 Å². The van der Waals surface area contributed by atoms with Crippen molar-refractivity contribution < 1.29 is 4.79 Å². The maximum absolute atomic E-state index is 12.7. The Labute approximate surface area is 125 Å². The van der Waals surface area contributed by atoms with Gasteiger partial charge in [0.05, 0.1) is 11.9 Å². The van der Waals surface area contributed by atoms with Crippen molar-refractivity contribution in [1.29, 1.82) is 0 Å². The summed E-state index contributed by atoms with van der Waals surface area (Å²) in [7, 11) is 0. The number of rotatable bonds is 5. The maximum Gasteiger partial charge on any atom is 0.274 e. The van der Waals surface area contributed by atoms with Crippen molar-refractivity contribution in [2.24, 2.45) is 0 Å². The summed E-state index contributed by atoms with van der Waals surface area (Å²) in [5.41, 5.74) is 2.33. The first-order valence-corrected chi connectivity index (χ1v) is 7.25. The number of amides is 1. The second kappa shape index (κ2) is 6.97. The van der Waals surface area contributed by atoms with Gasteiger partial charge in [0.15, 0.2) is 0 Å². The molecule has 0 aliphatic carbocycles. The van der Waals surface area contributed by atoms with Gasteiger partial charge in [0.25, 0.3) is 5.91 Å². The standard InChI is InChI=1S/C17H21N3O/c1-4-14(3)20(12-15-8-6-5-7-9-15)17(21)16-11-18-13(2)10-19-16/h5-11,14H,4,12H2,1-3H3/t14-/m0/s1. The van der Waals surface area contributed by atoms with Gasteiger partial charge in [-0.1, -0.05) is 37.3 Å². The summed E-state index contributed by atoms with van der Waals surface area (Å²) in [4.78, 5) is 22.9. The first-order chi connectivity index (χ1) is 10.1. The molecule has 0 fully saturated rings. The Balaban J connectivity index is 2.23. The zero-order valence-electron chi connectivity index (χ0n) is 12.8. The zero-order chi connectivity index (χ0) is 15.2. The normalized spacial score (nSPS) is 12.0. The van der Waals surface area contributed by atoms with E-state index in [2.05, 4.69) is 23.8 Å². The molecule has 1 amide bonds. The lowest BCUT2D eigenvalue weighted by molar-refractivity contribution is 0.0665. The molecule has 0 spiro atoms. The molecule has 0 saturated carbocycles. The van der Waals surface area contributed by atoms with Crippen LogP contribution in [-0.4, -0.2) is 26.8 Å². The molecule has 110 valence electrons. The van der Waals surface area contributed by atoms with E-state index in [0.717, 1.165) is 17.7 Å². The molecule has 2 rings (SSSR count). The number of carbonyl (C=O) groups excluding carboxylic acids is 1. The Morgan fingerprint density at radius 1 is 1.19 bits per heavy atom. The van der Waals surface area contributed by atoms with Crippen LogP contribution in [0.2, 0.25) is 0 Å².